The molecule has 0 spiro atoms. The zero-order valence-electron chi connectivity index (χ0n) is 15.2. The first-order chi connectivity index (χ1) is 12.8. The highest BCUT2D eigenvalue weighted by Crippen LogP contribution is 2.35. The minimum absolute atomic E-state index is 0.109. The van der Waals surface area contributed by atoms with Gasteiger partial charge in [-0.05, 0) is 36.8 Å². The molecule has 144 valence electrons. The molecule has 1 fully saturated rings. The number of anilines is 2. The summed E-state index contributed by atoms with van der Waals surface area (Å²) in [5.74, 6) is -0.380. The third-order valence-electron chi connectivity index (χ3n) is 4.44. The smallest absolute Gasteiger partial charge is 0.256 e. The summed E-state index contributed by atoms with van der Waals surface area (Å²) in [5, 5.41) is 3.42. The molecule has 1 aliphatic rings. The number of nitrogens with one attached hydrogen (secondary N) is 1. The largest absolute Gasteiger partial charge is 0.378 e. The van der Waals surface area contributed by atoms with Crippen LogP contribution in [0.25, 0.3) is 0 Å². The van der Waals surface area contributed by atoms with E-state index in [1.54, 1.807) is 31.2 Å². The van der Waals surface area contributed by atoms with E-state index in [2.05, 4.69) is 10.2 Å². The quantitative estimate of drug-likeness (QED) is 0.841. The first kappa shape index (κ1) is 19.7. The Kier molecular flexibility index (Phi) is 5.74. The molecule has 0 unspecified atom stereocenters. The minimum Gasteiger partial charge on any atom is -0.378 e. The molecule has 0 radical (unpaired) electrons. The lowest BCUT2D eigenvalue weighted by Crippen LogP contribution is -2.37. The van der Waals surface area contributed by atoms with Crippen molar-refractivity contribution in [1.29, 1.82) is 0 Å². The average molecular weight is 409 g/mol. The van der Waals surface area contributed by atoms with Gasteiger partial charge in [-0.3, -0.25) is 4.79 Å². The van der Waals surface area contributed by atoms with Crippen molar-refractivity contribution in [2.75, 3.05) is 42.8 Å². The maximum absolute atomic E-state index is 12.9. The van der Waals surface area contributed by atoms with Crippen molar-refractivity contribution in [3.8, 4) is 0 Å². The second-order valence-corrected chi connectivity index (χ2v) is 8.86. The second kappa shape index (κ2) is 7.88. The minimum atomic E-state index is -3.40. The predicted molar refractivity (Wildman–Crippen MR) is 107 cm³/mol. The molecule has 1 saturated heterocycles. The fraction of sp³-hybridized carbons (Fsp3) is 0.316. The van der Waals surface area contributed by atoms with Crippen molar-refractivity contribution >= 4 is 38.7 Å². The molecular formula is C19H21ClN2O4S. The summed E-state index contributed by atoms with van der Waals surface area (Å²) in [7, 11) is -3.40. The standard InChI is InChI=1S/C19H21ClN2O4S/c1-13-6-7-14(27(2,24)25)12-15(13)19(23)21-17-5-3-4-16(20)18(17)22-8-10-26-11-9-22/h3-7,12H,8-11H2,1-2H3,(H,21,23). The molecule has 1 heterocycles. The highest BCUT2D eigenvalue weighted by Gasteiger charge is 2.20. The number of amides is 1. The van der Waals surface area contributed by atoms with Gasteiger partial charge < -0.3 is 15.0 Å². The predicted octanol–water partition coefficient (Wildman–Crippen LogP) is 3.14. The number of hydrogen-bond donors (Lipinski definition) is 1. The van der Waals surface area contributed by atoms with E-state index < -0.39 is 9.84 Å². The van der Waals surface area contributed by atoms with E-state index in [1.807, 2.05) is 0 Å². The Balaban J connectivity index is 1.94. The summed E-state index contributed by atoms with van der Waals surface area (Å²) in [6.07, 6.45) is 1.12. The molecule has 1 amide bonds. The van der Waals surface area contributed by atoms with Gasteiger partial charge in [0.1, 0.15) is 0 Å². The van der Waals surface area contributed by atoms with Crippen molar-refractivity contribution in [2.45, 2.75) is 11.8 Å². The Morgan fingerprint density at radius 2 is 1.89 bits per heavy atom. The van der Waals surface area contributed by atoms with Crippen LogP contribution < -0.4 is 10.2 Å². The van der Waals surface area contributed by atoms with Crippen LogP contribution in [-0.4, -0.2) is 46.9 Å². The molecule has 8 heteroatoms. The first-order valence-corrected chi connectivity index (χ1v) is 10.8. The van der Waals surface area contributed by atoms with Gasteiger partial charge in [-0.15, -0.1) is 0 Å². The number of para-hydroxylation sites is 1. The normalized spacial score (nSPS) is 14.9. The Bertz CT molecular complexity index is 970. The number of rotatable bonds is 4. The van der Waals surface area contributed by atoms with Crippen LogP contribution in [0.5, 0.6) is 0 Å². The summed E-state index contributed by atoms with van der Waals surface area (Å²) >= 11 is 6.40. The lowest BCUT2D eigenvalue weighted by Gasteiger charge is -2.31. The van der Waals surface area contributed by atoms with E-state index in [0.717, 1.165) is 11.9 Å². The molecule has 0 saturated carbocycles. The van der Waals surface area contributed by atoms with Crippen LogP contribution in [0.4, 0.5) is 11.4 Å². The van der Waals surface area contributed by atoms with Crippen molar-refractivity contribution < 1.29 is 17.9 Å². The molecule has 0 aliphatic carbocycles. The number of carbonyl (C=O) groups is 1. The number of ether oxygens (including phenoxy) is 1. The summed E-state index contributed by atoms with van der Waals surface area (Å²) < 4.78 is 29.0. The van der Waals surface area contributed by atoms with Gasteiger partial charge in [-0.25, -0.2) is 8.42 Å². The molecule has 0 bridgehead atoms. The molecular weight excluding hydrogens is 388 g/mol. The molecule has 2 aromatic carbocycles. The van der Waals surface area contributed by atoms with Crippen LogP contribution in [-0.2, 0) is 14.6 Å². The van der Waals surface area contributed by atoms with Crippen LogP contribution in [0.3, 0.4) is 0 Å². The molecule has 3 rings (SSSR count). The Morgan fingerprint density at radius 1 is 1.19 bits per heavy atom. The van der Waals surface area contributed by atoms with Crippen LogP contribution in [0.15, 0.2) is 41.3 Å². The van der Waals surface area contributed by atoms with Gasteiger partial charge in [0.15, 0.2) is 9.84 Å². The maximum atomic E-state index is 12.9. The topological polar surface area (TPSA) is 75.7 Å². The van der Waals surface area contributed by atoms with Crippen LogP contribution in [0, 0.1) is 6.92 Å². The van der Waals surface area contributed by atoms with E-state index in [0.29, 0.717) is 48.1 Å². The Hall–Kier alpha value is -2.09. The van der Waals surface area contributed by atoms with Gasteiger partial charge >= 0.3 is 0 Å². The lowest BCUT2D eigenvalue weighted by molar-refractivity contribution is 0.102. The number of sulfone groups is 1. The van der Waals surface area contributed by atoms with E-state index in [4.69, 9.17) is 16.3 Å². The van der Waals surface area contributed by atoms with Crippen LogP contribution in [0.1, 0.15) is 15.9 Å². The summed E-state index contributed by atoms with van der Waals surface area (Å²) in [4.78, 5) is 15.0. The first-order valence-electron chi connectivity index (χ1n) is 8.50. The Morgan fingerprint density at radius 3 is 2.56 bits per heavy atom. The van der Waals surface area contributed by atoms with Crippen molar-refractivity contribution in [3.05, 3.63) is 52.5 Å². The monoisotopic (exact) mass is 408 g/mol. The lowest BCUT2D eigenvalue weighted by atomic mass is 10.1. The molecule has 0 aromatic heterocycles. The summed E-state index contributed by atoms with van der Waals surface area (Å²) in [5.41, 5.74) is 2.33. The van der Waals surface area contributed by atoms with Crippen molar-refractivity contribution in [3.63, 3.8) is 0 Å². The number of benzene rings is 2. The number of carbonyl (C=O) groups excluding carboxylic acids is 1. The van der Waals surface area contributed by atoms with Gasteiger partial charge in [0.05, 0.1) is 34.5 Å². The van der Waals surface area contributed by atoms with E-state index >= 15 is 0 Å². The maximum Gasteiger partial charge on any atom is 0.256 e. The van der Waals surface area contributed by atoms with Crippen molar-refractivity contribution in [1.82, 2.24) is 0 Å². The number of aryl methyl sites for hydroxylation is 1. The average Bonchev–Trinajstić information content (AvgIpc) is 2.62. The van der Waals surface area contributed by atoms with E-state index in [-0.39, 0.29) is 10.8 Å². The molecule has 1 aliphatic heterocycles. The fourth-order valence-electron chi connectivity index (χ4n) is 2.99. The summed E-state index contributed by atoms with van der Waals surface area (Å²) in [6.45, 7) is 4.30. The third kappa shape index (κ3) is 4.43. The van der Waals surface area contributed by atoms with E-state index in [1.165, 1.54) is 12.1 Å². The van der Waals surface area contributed by atoms with Gasteiger partial charge in [0, 0.05) is 24.9 Å². The van der Waals surface area contributed by atoms with Crippen molar-refractivity contribution in [2.24, 2.45) is 0 Å². The second-order valence-electron chi connectivity index (χ2n) is 6.44. The number of nitrogens with zero attached hydrogens (tertiary/aromatic N) is 1. The zero-order chi connectivity index (χ0) is 19.6. The molecule has 2 aromatic rings. The molecule has 6 nitrogen and oxygen atoms in total. The molecule has 1 N–H and O–H groups in total. The highest BCUT2D eigenvalue weighted by molar-refractivity contribution is 7.90. The highest BCUT2D eigenvalue weighted by atomic mass is 35.5. The number of hydrogen-bond acceptors (Lipinski definition) is 5. The third-order valence-corrected chi connectivity index (χ3v) is 5.86. The molecule has 0 atom stereocenters. The number of morpholine rings is 1. The SMILES string of the molecule is Cc1ccc(S(C)(=O)=O)cc1C(=O)Nc1cccc(Cl)c1N1CCOCC1. The Labute approximate surface area is 164 Å². The number of halogens is 1. The van der Waals surface area contributed by atoms with E-state index in [9.17, 15) is 13.2 Å². The van der Waals surface area contributed by atoms with Gasteiger partial charge in [0.2, 0.25) is 0 Å². The van der Waals surface area contributed by atoms with Gasteiger partial charge in [-0.2, -0.15) is 0 Å². The molecule has 27 heavy (non-hydrogen) atoms. The van der Waals surface area contributed by atoms with Gasteiger partial charge in [0.25, 0.3) is 5.91 Å². The van der Waals surface area contributed by atoms with Crippen LogP contribution in [0.2, 0.25) is 5.02 Å². The van der Waals surface area contributed by atoms with Gasteiger partial charge in [-0.1, -0.05) is 23.7 Å². The van der Waals surface area contributed by atoms with Crippen LogP contribution >= 0.6 is 11.6 Å². The fourth-order valence-corrected chi connectivity index (χ4v) is 3.93. The zero-order valence-corrected chi connectivity index (χ0v) is 16.7. The summed E-state index contributed by atoms with van der Waals surface area (Å²) in [6, 6.07) is 9.86.